The average Bonchev–Trinajstić information content (AvgIpc) is 2.92. The normalized spacial score (nSPS) is 20.2. The minimum Gasteiger partial charge on any atom is -0.426 e. The fraction of sp³-hybridized carbons (Fsp3) is 0.364. The first-order valence-electron chi connectivity index (χ1n) is 9.46. The topological polar surface area (TPSA) is 86.7 Å². The molecule has 3 rings (SSSR count). The molecule has 7 heteroatoms. The molecule has 2 atom stereocenters. The van der Waals surface area contributed by atoms with Gasteiger partial charge in [-0.1, -0.05) is 36.4 Å². The van der Waals surface area contributed by atoms with Crippen LogP contribution in [0.3, 0.4) is 0 Å². The Balaban J connectivity index is 1.64. The van der Waals surface area contributed by atoms with Gasteiger partial charge in [0.2, 0.25) is 0 Å². The maximum atomic E-state index is 12.4. The second-order valence-corrected chi connectivity index (χ2v) is 9.64. The second kappa shape index (κ2) is 8.78. The van der Waals surface area contributed by atoms with Gasteiger partial charge >= 0.3 is 11.9 Å². The molecule has 6 nitrogen and oxygen atoms in total. The van der Waals surface area contributed by atoms with Gasteiger partial charge in [-0.3, -0.25) is 9.59 Å². The van der Waals surface area contributed by atoms with E-state index in [1.54, 1.807) is 24.3 Å². The van der Waals surface area contributed by atoms with Crippen molar-refractivity contribution in [1.82, 2.24) is 0 Å². The Hall–Kier alpha value is -2.67. The lowest BCUT2D eigenvalue weighted by Crippen LogP contribution is -2.24. The maximum absolute atomic E-state index is 12.4. The summed E-state index contributed by atoms with van der Waals surface area (Å²) in [6.07, 6.45) is -0.119. The number of para-hydroxylation sites is 2. The maximum Gasteiger partial charge on any atom is 0.311 e. The Labute approximate surface area is 170 Å². The van der Waals surface area contributed by atoms with Crippen LogP contribution < -0.4 is 9.47 Å². The Morgan fingerprint density at radius 2 is 1.17 bits per heavy atom. The molecule has 0 bridgehead atoms. The van der Waals surface area contributed by atoms with E-state index in [9.17, 15) is 18.0 Å². The van der Waals surface area contributed by atoms with E-state index in [1.807, 2.05) is 38.1 Å². The summed E-state index contributed by atoms with van der Waals surface area (Å²) >= 11 is 0. The zero-order valence-corrected chi connectivity index (χ0v) is 17.3. The molecule has 0 N–H and O–H groups in total. The number of hydrogen-bond donors (Lipinski definition) is 0. The van der Waals surface area contributed by atoms with Crippen molar-refractivity contribution in [2.24, 2.45) is 11.8 Å². The summed E-state index contributed by atoms with van der Waals surface area (Å²) in [6, 6.07) is 14.2. The van der Waals surface area contributed by atoms with Crippen LogP contribution in [-0.4, -0.2) is 31.9 Å². The molecule has 0 radical (unpaired) electrons. The molecule has 0 saturated carbocycles. The van der Waals surface area contributed by atoms with Gasteiger partial charge in [-0.2, -0.15) is 0 Å². The Morgan fingerprint density at radius 1 is 0.793 bits per heavy atom. The van der Waals surface area contributed by atoms with E-state index >= 15 is 0 Å². The van der Waals surface area contributed by atoms with Gasteiger partial charge in [0, 0.05) is 0 Å². The molecule has 0 aliphatic carbocycles. The van der Waals surface area contributed by atoms with Gasteiger partial charge in [-0.25, -0.2) is 8.42 Å². The third kappa shape index (κ3) is 5.67. The molecular formula is C22H24O6S. The number of carbonyl (C=O) groups is 2. The summed E-state index contributed by atoms with van der Waals surface area (Å²) < 4.78 is 35.1. The first kappa shape index (κ1) is 21.0. The van der Waals surface area contributed by atoms with Crippen LogP contribution in [0.5, 0.6) is 11.5 Å². The Bertz CT molecular complexity index is 936. The lowest BCUT2D eigenvalue weighted by Gasteiger charge is -2.17. The van der Waals surface area contributed by atoms with Crippen molar-refractivity contribution in [2.45, 2.75) is 26.7 Å². The molecule has 1 aliphatic rings. The van der Waals surface area contributed by atoms with E-state index in [2.05, 4.69) is 0 Å². The van der Waals surface area contributed by atoms with Crippen LogP contribution >= 0.6 is 0 Å². The van der Waals surface area contributed by atoms with Gasteiger partial charge in [-0.15, -0.1) is 0 Å². The van der Waals surface area contributed by atoms with Crippen molar-refractivity contribution in [2.75, 3.05) is 11.5 Å². The smallest absolute Gasteiger partial charge is 0.311 e. The molecule has 2 aromatic carbocycles. The number of sulfone groups is 1. The SMILES string of the molecule is Cc1ccccc1OC(=O)CC1CS(=O)(=O)CC1CC(=O)Oc1ccccc1C. The second-order valence-electron chi connectivity index (χ2n) is 7.48. The number of hydrogen-bond acceptors (Lipinski definition) is 6. The molecular weight excluding hydrogens is 392 g/mol. The van der Waals surface area contributed by atoms with Gasteiger partial charge in [0.25, 0.3) is 0 Å². The molecule has 154 valence electrons. The van der Waals surface area contributed by atoms with Crippen molar-refractivity contribution >= 4 is 21.8 Å². The minimum atomic E-state index is -3.31. The number of esters is 2. The van der Waals surface area contributed by atoms with Crippen LogP contribution in [0.25, 0.3) is 0 Å². The summed E-state index contributed by atoms with van der Waals surface area (Å²) in [5, 5.41) is 0. The third-order valence-corrected chi connectivity index (χ3v) is 6.97. The van der Waals surface area contributed by atoms with Crippen molar-refractivity contribution < 1.29 is 27.5 Å². The van der Waals surface area contributed by atoms with Crippen LogP contribution in [0.15, 0.2) is 48.5 Å². The summed E-state index contributed by atoms with van der Waals surface area (Å²) in [5.74, 6) is -1.29. The third-order valence-electron chi connectivity index (χ3n) is 5.10. The Kier molecular flexibility index (Phi) is 6.37. The van der Waals surface area contributed by atoms with E-state index in [0.717, 1.165) is 11.1 Å². The summed E-state index contributed by atoms with van der Waals surface area (Å²) in [4.78, 5) is 24.7. The van der Waals surface area contributed by atoms with Crippen LogP contribution in [0, 0.1) is 25.7 Å². The fourth-order valence-corrected chi connectivity index (χ4v) is 5.76. The molecule has 0 aromatic heterocycles. The van der Waals surface area contributed by atoms with Gasteiger partial charge in [-0.05, 0) is 48.9 Å². The predicted molar refractivity (Wildman–Crippen MR) is 108 cm³/mol. The quantitative estimate of drug-likeness (QED) is 0.531. The van der Waals surface area contributed by atoms with Gasteiger partial charge < -0.3 is 9.47 Å². The highest BCUT2D eigenvalue weighted by molar-refractivity contribution is 7.91. The first-order valence-corrected chi connectivity index (χ1v) is 11.3. The van der Waals surface area contributed by atoms with Crippen molar-refractivity contribution in [3.05, 3.63) is 59.7 Å². The Morgan fingerprint density at radius 3 is 1.55 bits per heavy atom. The average molecular weight is 416 g/mol. The number of benzene rings is 2. The lowest BCUT2D eigenvalue weighted by atomic mass is 9.90. The number of aryl methyl sites for hydroxylation is 2. The molecule has 1 heterocycles. The largest absolute Gasteiger partial charge is 0.426 e. The molecule has 1 saturated heterocycles. The monoisotopic (exact) mass is 416 g/mol. The van der Waals surface area contributed by atoms with Crippen molar-refractivity contribution in [3.8, 4) is 11.5 Å². The fourth-order valence-electron chi connectivity index (χ4n) is 3.54. The molecule has 2 unspecified atom stereocenters. The van der Waals surface area contributed by atoms with Crippen LogP contribution in [-0.2, 0) is 19.4 Å². The van der Waals surface area contributed by atoms with Crippen LogP contribution in [0.1, 0.15) is 24.0 Å². The van der Waals surface area contributed by atoms with E-state index in [-0.39, 0.29) is 24.3 Å². The highest BCUT2D eigenvalue weighted by atomic mass is 32.2. The van der Waals surface area contributed by atoms with Crippen LogP contribution in [0.4, 0.5) is 0 Å². The zero-order valence-electron chi connectivity index (χ0n) is 16.5. The zero-order chi connectivity index (χ0) is 21.0. The molecule has 2 aromatic rings. The van der Waals surface area contributed by atoms with Gasteiger partial charge in [0.15, 0.2) is 9.84 Å². The standard InChI is InChI=1S/C22H24O6S/c1-15-7-3-5-9-19(15)27-21(23)11-17-13-29(25,26)14-18(17)12-22(24)28-20-10-6-4-8-16(20)2/h3-10,17-18H,11-14H2,1-2H3. The summed E-state index contributed by atoms with van der Waals surface area (Å²) in [5.41, 5.74) is 1.64. The molecule has 1 fully saturated rings. The molecule has 0 amide bonds. The van der Waals surface area contributed by atoms with E-state index in [4.69, 9.17) is 9.47 Å². The van der Waals surface area contributed by atoms with E-state index < -0.39 is 33.6 Å². The van der Waals surface area contributed by atoms with E-state index in [0.29, 0.717) is 11.5 Å². The lowest BCUT2D eigenvalue weighted by molar-refractivity contribution is -0.138. The van der Waals surface area contributed by atoms with Gasteiger partial charge in [0.1, 0.15) is 11.5 Å². The molecule has 29 heavy (non-hydrogen) atoms. The predicted octanol–water partition coefficient (Wildman–Crippen LogP) is 3.26. The highest BCUT2D eigenvalue weighted by Gasteiger charge is 2.40. The van der Waals surface area contributed by atoms with Crippen LogP contribution in [0.2, 0.25) is 0 Å². The van der Waals surface area contributed by atoms with Crippen molar-refractivity contribution in [1.29, 1.82) is 0 Å². The molecule has 1 aliphatic heterocycles. The summed E-state index contributed by atoms with van der Waals surface area (Å²) in [7, 11) is -3.31. The van der Waals surface area contributed by atoms with Crippen molar-refractivity contribution in [3.63, 3.8) is 0 Å². The highest BCUT2D eigenvalue weighted by Crippen LogP contribution is 2.32. The number of ether oxygens (including phenoxy) is 2. The molecule has 0 spiro atoms. The minimum absolute atomic E-state index is 0.0596. The van der Waals surface area contributed by atoms with E-state index in [1.165, 1.54) is 0 Å². The number of rotatable bonds is 6. The summed E-state index contributed by atoms with van der Waals surface area (Å²) in [6.45, 7) is 3.65. The number of carbonyl (C=O) groups excluding carboxylic acids is 2. The first-order chi connectivity index (χ1) is 13.7. The van der Waals surface area contributed by atoms with Gasteiger partial charge in [0.05, 0.1) is 24.3 Å².